The largest absolute Gasteiger partial charge is 0.751 e. The van der Waals surface area contributed by atoms with Gasteiger partial charge in [0.1, 0.15) is 5.75 Å². The molecule has 0 bridgehead atoms. The second-order valence-corrected chi connectivity index (χ2v) is 5.69. The molecule has 9 heteroatoms. The molecule has 1 aromatic carbocycles. The second-order valence-electron chi connectivity index (χ2n) is 4.69. The van der Waals surface area contributed by atoms with Gasteiger partial charge in [-0.25, -0.2) is 9.42 Å². The van der Waals surface area contributed by atoms with Gasteiger partial charge in [-0.1, -0.05) is 12.1 Å². The lowest BCUT2D eigenvalue weighted by Crippen LogP contribution is -2.30. The Kier molecular flexibility index (Phi) is 4.24. The zero-order chi connectivity index (χ0) is 17.3. The molecule has 2 amide bonds. The Hall–Kier alpha value is -2.83. The summed E-state index contributed by atoms with van der Waals surface area (Å²) in [5.41, 5.74) is 0.579. The third-order valence-corrected chi connectivity index (χ3v) is 3.97. The maximum absolute atomic E-state index is 12.5. The van der Waals surface area contributed by atoms with Crippen molar-refractivity contribution in [3.63, 3.8) is 0 Å². The first-order valence-electron chi connectivity index (χ1n) is 6.78. The molecule has 122 valence electrons. The van der Waals surface area contributed by atoms with Crippen molar-refractivity contribution in [3.8, 4) is 11.6 Å². The van der Waals surface area contributed by atoms with Crippen molar-refractivity contribution in [2.24, 2.45) is 0 Å². The van der Waals surface area contributed by atoms with Gasteiger partial charge in [-0.3, -0.25) is 9.59 Å². The lowest BCUT2D eigenvalue weighted by atomic mass is 10.1. The number of benzene rings is 1. The second kappa shape index (κ2) is 6.35. The number of aromatic nitrogens is 1. The van der Waals surface area contributed by atoms with E-state index < -0.39 is 20.1 Å². The van der Waals surface area contributed by atoms with E-state index in [0.717, 1.165) is 4.90 Å². The van der Waals surface area contributed by atoms with Crippen LogP contribution in [0.5, 0.6) is 11.6 Å². The summed E-state index contributed by atoms with van der Waals surface area (Å²) in [5, 5.41) is 0. The number of rotatable bonds is 5. The van der Waals surface area contributed by atoms with E-state index in [1.165, 1.54) is 26.4 Å². The quantitative estimate of drug-likeness (QED) is 0.606. The summed E-state index contributed by atoms with van der Waals surface area (Å²) >= 11 is 0. The van der Waals surface area contributed by atoms with Gasteiger partial charge in [0.2, 0.25) is 0 Å². The summed E-state index contributed by atoms with van der Waals surface area (Å²) in [6, 6.07) is 9.25. The van der Waals surface area contributed by atoms with E-state index in [1.807, 2.05) is 0 Å². The number of hydrogen-bond acceptors (Lipinski definition) is 7. The predicted molar refractivity (Wildman–Crippen MR) is 83.6 cm³/mol. The smallest absolute Gasteiger partial charge is 0.496 e. The Morgan fingerprint density at radius 3 is 2.21 bits per heavy atom. The molecule has 2 aromatic rings. The van der Waals surface area contributed by atoms with Crippen molar-refractivity contribution in [1.82, 2.24) is 4.98 Å². The highest BCUT2D eigenvalue weighted by Crippen LogP contribution is 2.34. The number of methoxy groups -OCH3 is 1. The molecule has 0 spiro atoms. The van der Waals surface area contributed by atoms with Crippen molar-refractivity contribution < 1.29 is 27.9 Å². The fourth-order valence-corrected chi connectivity index (χ4v) is 2.58. The SMILES string of the molecule is COc1cc(O[P+](=O)OC)nc(N2C(=O)c3ccccc3C2=O)c1. The van der Waals surface area contributed by atoms with Crippen LogP contribution in [0.25, 0.3) is 0 Å². The number of anilines is 1. The molecule has 0 N–H and O–H groups in total. The van der Waals surface area contributed by atoms with Gasteiger partial charge >= 0.3 is 8.25 Å². The van der Waals surface area contributed by atoms with Gasteiger partial charge in [0.25, 0.3) is 17.7 Å². The highest BCUT2D eigenvalue weighted by molar-refractivity contribution is 7.33. The van der Waals surface area contributed by atoms with Gasteiger partial charge in [-0.15, -0.1) is 4.52 Å². The molecule has 0 saturated carbocycles. The summed E-state index contributed by atoms with van der Waals surface area (Å²) in [6.45, 7) is 0. The van der Waals surface area contributed by atoms with Crippen molar-refractivity contribution in [2.75, 3.05) is 19.1 Å². The minimum atomic E-state index is -2.42. The lowest BCUT2D eigenvalue weighted by molar-refractivity contribution is 0.0925. The summed E-state index contributed by atoms with van der Waals surface area (Å²) < 4.78 is 26.1. The number of carbonyl (C=O) groups excluding carboxylic acids is 2. The highest BCUT2D eigenvalue weighted by Gasteiger charge is 2.38. The van der Waals surface area contributed by atoms with Gasteiger partial charge in [0.15, 0.2) is 5.82 Å². The standard InChI is InChI=1S/C15H12N2O6P/c1-21-9-7-12(16-13(8-9)23-24(20)22-2)17-14(18)10-5-3-4-6-11(10)15(17)19/h3-8H,1-2H3/q+1. The maximum atomic E-state index is 12.5. The van der Waals surface area contributed by atoms with Gasteiger partial charge < -0.3 is 4.74 Å². The normalized spacial score (nSPS) is 13.8. The summed E-state index contributed by atoms with van der Waals surface area (Å²) in [4.78, 5) is 30.0. The monoisotopic (exact) mass is 347 g/mol. The highest BCUT2D eigenvalue weighted by atomic mass is 31.1. The number of pyridine rings is 1. The Morgan fingerprint density at radius 2 is 1.67 bits per heavy atom. The molecule has 3 rings (SSSR count). The summed E-state index contributed by atoms with van der Waals surface area (Å²) in [7, 11) is 0.195. The van der Waals surface area contributed by atoms with E-state index in [-0.39, 0.29) is 28.6 Å². The van der Waals surface area contributed by atoms with Crippen LogP contribution in [-0.2, 0) is 9.09 Å². The number of fused-ring (bicyclic) bond motifs is 1. The Balaban J connectivity index is 2.03. The molecule has 0 saturated heterocycles. The maximum Gasteiger partial charge on any atom is 0.751 e. The number of ether oxygens (including phenoxy) is 1. The van der Waals surface area contributed by atoms with Crippen LogP contribution in [0.2, 0.25) is 0 Å². The molecule has 1 unspecified atom stereocenters. The first kappa shape index (κ1) is 16.0. The van der Waals surface area contributed by atoms with E-state index in [0.29, 0.717) is 0 Å². The van der Waals surface area contributed by atoms with Crippen molar-refractivity contribution in [2.45, 2.75) is 0 Å². The van der Waals surface area contributed by atoms with Crippen LogP contribution in [0.1, 0.15) is 20.7 Å². The average Bonchev–Trinajstić information content (AvgIpc) is 2.86. The number of amides is 2. The topological polar surface area (TPSA) is 95.0 Å². The number of carbonyl (C=O) groups is 2. The average molecular weight is 347 g/mol. The molecule has 0 fully saturated rings. The van der Waals surface area contributed by atoms with Crippen LogP contribution in [0.4, 0.5) is 5.82 Å². The van der Waals surface area contributed by atoms with E-state index >= 15 is 0 Å². The molecule has 1 atom stereocenters. The van der Waals surface area contributed by atoms with Crippen LogP contribution in [0.3, 0.4) is 0 Å². The van der Waals surface area contributed by atoms with Gasteiger partial charge in [0.05, 0.1) is 25.3 Å². The Labute approximate surface area is 137 Å². The molecule has 24 heavy (non-hydrogen) atoms. The van der Waals surface area contributed by atoms with Crippen LogP contribution in [-0.4, -0.2) is 31.0 Å². The molecule has 0 aliphatic carbocycles. The molecule has 1 aliphatic rings. The van der Waals surface area contributed by atoms with Gasteiger partial charge in [-0.2, -0.15) is 4.98 Å². The minimum absolute atomic E-state index is 0.00931. The predicted octanol–water partition coefficient (Wildman–Crippen LogP) is 2.57. The Morgan fingerprint density at radius 1 is 1.04 bits per heavy atom. The third-order valence-electron chi connectivity index (χ3n) is 3.34. The van der Waals surface area contributed by atoms with Gasteiger partial charge in [-0.05, 0) is 12.1 Å². The zero-order valence-electron chi connectivity index (χ0n) is 12.8. The zero-order valence-corrected chi connectivity index (χ0v) is 13.6. The van der Waals surface area contributed by atoms with E-state index in [1.54, 1.807) is 24.3 Å². The number of imide groups is 1. The van der Waals surface area contributed by atoms with Crippen molar-refractivity contribution in [1.29, 1.82) is 0 Å². The molecule has 2 heterocycles. The molecular formula is C15H12N2O6P+. The van der Waals surface area contributed by atoms with Crippen molar-refractivity contribution in [3.05, 3.63) is 47.5 Å². The van der Waals surface area contributed by atoms with E-state index in [4.69, 9.17) is 9.26 Å². The van der Waals surface area contributed by atoms with Crippen LogP contribution in [0, 0.1) is 0 Å². The van der Waals surface area contributed by atoms with Crippen LogP contribution >= 0.6 is 8.25 Å². The molecule has 1 aliphatic heterocycles. The number of hydrogen-bond donors (Lipinski definition) is 0. The first-order chi connectivity index (χ1) is 11.5. The molecule has 8 nitrogen and oxygen atoms in total. The van der Waals surface area contributed by atoms with Gasteiger partial charge in [0, 0.05) is 16.7 Å². The molecular weight excluding hydrogens is 335 g/mol. The fraction of sp³-hybridized carbons (Fsp3) is 0.133. The minimum Gasteiger partial charge on any atom is -0.496 e. The van der Waals surface area contributed by atoms with Crippen LogP contribution in [0.15, 0.2) is 36.4 Å². The summed E-state index contributed by atoms with van der Waals surface area (Å²) in [6.07, 6.45) is 0. The Bertz CT molecular complexity index is 819. The van der Waals surface area contributed by atoms with Crippen molar-refractivity contribution >= 4 is 25.9 Å². The summed E-state index contributed by atoms with van der Waals surface area (Å²) in [5.74, 6) is -0.804. The first-order valence-corrected chi connectivity index (χ1v) is 7.88. The van der Waals surface area contributed by atoms with Crippen LogP contribution < -0.4 is 14.2 Å². The lowest BCUT2D eigenvalue weighted by Gasteiger charge is -2.13. The van der Waals surface area contributed by atoms with E-state index in [2.05, 4.69) is 9.51 Å². The molecule has 1 aromatic heterocycles. The number of nitrogens with zero attached hydrogens (tertiary/aromatic N) is 2. The fourth-order valence-electron chi connectivity index (χ4n) is 2.26. The molecule has 0 radical (unpaired) electrons. The van der Waals surface area contributed by atoms with E-state index in [9.17, 15) is 14.2 Å². The third kappa shape index (κ3) is 2.73.